The molecule has 2 aromatic rings. The Morgan fingerprint density at radius 2 is 2.19 bits per heavy atom. The van der Waals surface area contributed by atoms with Gasteiger partial charge < -0.3 is 10.3 Å². The van der Waals surface area contributed by atoms with Gasteiger partial charge in [0.15, 0.2) is 5.96 Å². The molecule has 110 valence electrons. The third kappa shape index (κ3) is 2.37. The summed E-state index contributed by atoms with van der Waals surface area (Å²) in [7, 11) is 0. The van der Waals surface area contributed by atoms with Crippen LogP contribution in [0.2, 0.25) is 0 Å². The Kier molecular flexibility index (Phi) is 3.60. The van der Waals surface area contributed by atoms with Gasteiger partial charge in [0.1, 0.15) is 5.82 Å². The molecule has 21 heavy (non-hydrogen) atoms. The minimum atomic E-state index is -0.302. The Labute approximate surface area is 122 Å². The molecule has 5 nitrogen and oxygen atoms in total. The number of imidazole rings is 1. The van der Waals surface area contributed by atoms with Crippen LogP contribution < -0.4 is 10.6 Å². The van der Waals surface area contributed by atoms with Crippen molar-refractivity contribution in [2.45, 2.75) is 25.9 Å². The van der Waals surface area contributed by atoms with Crippen molar-refractivity contribution in [1.29, 1.82) is 0 Å². The van der Waals surface area contributed by atoms with Crippen LogP contribution in [0.5, 0.6) is 0 Å². The lowest BCUT2D eigenvalue weighted by atomic mass is 10.1. The average Bonchev–Trinajstić information content (AvgIpc) is 3.07. The molecule has 0 spiro atoms. The molecule has 2 N–H and O–H groups in total. The van der Waals surface area contributed by atoms with Gasteiger partial charge in [-0.05, 0) is 18.6 Å². The Hall–Kier alpha value is -2.37. The van der Waals surface area contributed by atoms with Crippen LogP contribution in [0.25, 0.3) is 0 Å². The zero-order valence-electron chi connectivity index (χ0n) is 11.9. The molecule has 1 atom stereocenters. The zero-order valence-corrected chi connectivity index (χ0v) is 11.9. The highest BCUT2D eigenvalue weighted by Crippen LogP contribution is 2.32. The first kappa shape index (κ1) is 13.6. The summed E-state index contributed by atoms with van der Waals surface area (Å²) in [6.45, 7) is 3.49. The number of para-hydroxylation sites is 1. The van der Waals surface area contributed by atoms with Gasteiger partial charge >= 0.3 is 0 Å². The lowest BCUT2D eigenvalue weighted by molar-refractivity contribution is 0.591. The Balaban J connectivity index is 1.99. The monoisotopic (exact) mass is 287 g/mol. The molecule has 0 amide bonds. The minimum Gasteiger partial charge on any atom is -0.369 e. The third-order valence-electron chi connectivity index (χ3n) is 3.65. The zero-order chi connectivity index (χ0) is 14.8. The molecule has 6 heteroatoms. The maximum Gasteiger partial charge on any atom is 0.196 e. The second-order valence-electron chi connectivity index (χ2n) is 5.05. The highest BCUT2D eigenvalue weighted by molar-refractivity contribution is 5.97. The van der Waals surface area contributed by atoms with E-state index in [4.69, 9.17) is 5.73 Å². The van der Waals surface area contributed by atoms with Crippen LogP contribution in [0.1, 0.15) is 25.1 Å². The van der Waals surface area contributed by atoms with E-state index in [1.54, 1.807) is 29.4 Å². The van der Waals surface area contributed by atoms with Crippen LogP contribution in [0.15, 0.2) is 41.8 Å². The van der Waals surface area contributed by atoms with E-state index in [0.29, 0.717) is 18.2 Å². The summed E-state index contributed by atoms with van der Waals surface area (Å²) in [4.78, 5) is 10.2. The number of benzene rings is 1. The maximum absolute atomic E-state index is 14.1. The number of anilines is 1. The summed E-state index contributed by atoms with van der Waals surface area (Å²) in [5.41, 5.74) is 7.43. The van der Waals surface area contributed by atoms with Crippen molar-refractivity contribution in [2.75, 3.05) is 11.4 Å². The number of halogens is 1. The number of aromatic nitrogens is 2. The van der Waals surface area contributed by atoms with Gasteiger partial charge in [0, 0.05) is 6.54 Å². The Morgan fingerprint density at radius 3 is 2.95 bits per heavy atom. The fourth-order valence-corrected chi connectivity index (χ4v) is 2.70. The van der Waals surface area contributed by atoms with Crippen molar-refractivity contribution >= 4 is 11.6 Å². The summed E-state index contributed by atoms with van der Waals surface area (Å²) < 4.78 is 16.2. The smallest absolute Gasteiger partial charge is 0.196 e. The molecule has 1 aliphatic heterocycles. The molecule has 2 heterocycles. The molecule has 0 aliphatic carbocycles. The number of hydrogen-bond acceptors (Lipinski definition) is 4. The van der Waals surface area contributed by atoms with Gasteiger partial charge in [0.05, 0.1) is 36.5 Å². The molecule has 0 bridgehead atoms. The number of aryl methyl sites for hydroxylation is 1. The Morgan fingerprint density at radius 1 is 1.38 bits per heavy atom. The van der Waals surface area contributed by atoms with Crippen LogP contribution in [-0.2, 0) is 6.54 Å². The molecule has 3 rings (SSSR count). The van der Waals surface area contributed by atoms with Crippen LogP contribution in [0.3, 0.4) is 0 Å². The van der Waals surface area contributed by atoms with Gasteiger partial charge in [-0.3, -0.25) is 9.89 Å². The highest BCUT2D eigenvalue weighted by Gasteiger charge is 2.32. The summed E-state index contributed by atoms with van der Waals surface area (Å²) in [5.74, 6) is 0.0402. The second-order valence-corrected chi connectivity index (χ2v) is 5.05. The lowest BCUT2D eigenvalue weighted by Crippen LogP contribution is -2.37. The number of aliphatic imine (C=N–C) groups is 1. The van der Waals surface area contributed by atoms with E-state index in [-0.39, 0.29) is 11.9 Å². The van der Waals surface area contributed by atoms with Gasteiger partial charge in [-0.15, -0.1) is 0 Å². The van der Waals surface area contributed by atoms with Crippen molar-refractivity contribution in [3.8, 4) is 0 Å². The normalized spacial score (nSPS) is 18.1. The van der Waals surface area contributed by atoms with Gasteiger partial charge in [-0.1, -0.05) is 19.1 Å². The summed E-state index contributed by atoms with van der Waals surface area (Å²) in [6, 6.07) is 6.50. The largest absolute Gasteiger partial charge is 0.369 e. The van der Waals surface area contributed by atoms with E-state index in [1.165, 1.54) is 6.07 Å². The fraction of sp³-hybridized carbons (Fsp3) is 0.333. The first-order valence-electron chi connectivity index (χ1n) is 7.06. The van der Waals surface area contributed by atoms with E-state index >= 15 is 0 Å². The van der Waals surface area contributed by atoms with Crippen molar-refractivity contribution in [1.82, 2.24) is 9.55 Å². The van der Waals surface area contributed by atoms with E-state index in [2.05, 4.69) is 21.5 Å². The highest BCUT2D eigenvalue weighted by atomic mass is 19.1. The molecule has 0 saturated heterocycles. The standard InChI is InChI=1S/C15H18FN5/c1-2-7-20-10-18-8-13(20)14-9-19-15(17)21(14)12-6-4-3-5-11(12)16/h3-6,8,10,14H,2,7,9H2,1H3,(H2,17,19). The van der Waals surface area contributed by atoms with E-state index in [1.807, 2.05) is 6.20 Å². The lowest BCUT2D eigenvalue weighted by Gasteiger charge is -2.27. The first-order chi connectivity index (χ1) is 10.2. The summed E-state index contributed by atoms with van der Waals surface area (Å²) in [6.07, 6.45) is 4.61. The Bertz CT molecular complexity index is 664. The van der Waals surface area contributed by atoms with Crippen LogP contribution in [0, 0.1) is 5.82 Å². The van der Waals surface area contributed by atoms with Gasteiger partial charge in [0.25, 0.3) is 0 Å². The quantitative estimate of drug-likeness (QED) is 0.938. The van der Waals surface area contributed by atoms with E-state index < -0.39 is 0 Å². The van der Waals surface area contributed by atoms with Crippen LogP contribution >= 0.6 is 0 Å². The van der Waals surface area contributed by atoms with Crippen molar-refractivity contribution < 1.29 is 4.39 Å². The molecular weight excluding hydrogens is 269 g/mol. The second kappa shape index (κ2) is 5.55. The van der Waals surface area contributed by atoms with Gasteiger partial charge in [-0.2, -0.15) is 0 Å². The molecular formula is C15H18FN5. The summed E-state index contributed by atoms with van der Waals surface area (Å²) >= 11 is 0. The topological polar surface area (TPSA) is 59.4 Å². The predicted molar refractivity (Wildman–Crippen MR) is 80.6 cm³/mol. The average molecular weight is 287 g/mol. The van der Waals surface area contributed by atoms with E-state index in [9.17, 15) is 4.39 Å². The molecule has 1 aliphatic rings. The number of rotatable bonds is 4. The molecule has 0 radical (unpaired) electrons. The van der Waals surface area contributed by atoms with Gasteiger partial charge in [0.2, 0.25) is 0 Å². The molecule has 0 fully saturated rings. The molecule has 1 aromatic heterocycles. The number of hydrogen-bond donors (Lipinski definition) is 1. The van der Waals surface area contributed by atoms with Crippen molar-refractivity contribution in [2.24, 2.45) is 10.7 Å². The SMILES string of the molecule is CCCn1cncc1C1CN=C(N)N1c1ccccc1F. The van der Waals surface area contributed by atoms with Crippen molar-refractivity contribution in [3.63, 3.8) is 0 Å². The predicted octanol–water partition coefficient (Wildman–Crippen LogP) is 2.31. The maximum atomic E-state index is 14.1. The number of nitrogens with two attached hydrogens (primary N) is 1. The van der Waals surface area contributed by atoms with Crippen molar-refractivity contribution in [3.05, 3.63) is 48.3 Å². The van der Waals surface area contributed by atoms with Crippen LogP contribution in [-0.4, -0.2) is 22.1 Å². The van der Waals surface area contributed by atoms with E-state index in [0.717, 1.165) is 18.7 Å². The van der Waals surface area contributed by atoms with Crippen LogP contribution in [0.4, 0.5) is 10.1 Å². The third-order valence-corrected chi connectivity index (χ3v) is 3.65. The molecule has 1 aromatic carbocycles. The molecule has 0 saturated carbocycles. The number of nitrogens with zero attached hydrogens (tertiary/aromatic N) is 4. The van der Waals surface area contributed by atoms with Gasteiger partial charge in [-0.25, -0.2) is 9.37 Å². The number of guanidine groups is 1. The first-order valence-corrected chi connectivity index (χ1v) is 7.06. The minimum absolute atomic E-state index is 0.115. The fourth-order valence-electron chi connectivity index (χ4n) is 2.70. The molecule has 1 unspecified atom stereocenters. The summed E-state index contributed by atoms with van der Waals surface area (Å²) in [5, 5.41) is 0.